The second-order valence-corrected chi connectivity index (χ2v) is 4.41. The number of halogens is 2. The highest BCUT2D eigenvalue weighted by atomic mass is 79.9. The fourth-order valence-corrected chi connectivity index (χ4v) is 2.35. The SMILES string of the molecule is Cc1cc(Br)cc2c(C=O)c(Cl)[nH]c12. The highest BCUT2D eigenvalue weighted by molar-refractivity contribution is 9.10. The molecule has 1 aromatic carbocycles. The second kappa shape index (κ2) is 3.41. The van der Waals surface area contributed by atoms with E-state index in [1.54, 1.807) is 0 Å². The maximum absolute atomic E-state index is 10.8. The average molecular weight is 273 g/mol. The van der Waals surface area contributed by atoms with Crippen LogP contribution >= 0.6 is 27.5 Å². The van der Waals surface area contributed by atoms with Gasteiger partial charge in [0, 0.05) is 9.86 Å². The summed E-state index contributed by atoms with van der Waals surface area (Å²) < 4.78 is 0.946. The van der Waals surface area contributed by atoms with Crippen molar-refractivity contribution in [1.29, 1.82) is 0 Å². The van der Waals surface area contributed by atoms with Gasteiger partial charge in [0.05, 0.1) is 11.1 Å². The molecule has 0 bridgehead atoms. The molecule has 0 fully saturated rings. The second-order valence-electron chi connectivity index (χ2n) is 3.12. The molecule has 0 aliphatic rings. The van der Waals surface area contributed by atoms with Crippen molar-refractivity contribution in [3.8, 4) is 0 Å². The minimum absolute atomic E-state index is 0.399. The molecule has 1 N–H and O–H groups in total. The van der Waals surface area contributed by atoms with E-state index in [9.17, 15) is 4.79 Å². The summed E-state index contributed by atoms with van der Waals surface area (Å²) in [5, 5.41) is 1.26. The highest BCUT2D eigenvalue weighted by Gasteiger charge is 2.11. The van der Waals surface area contributed by atoms with Gasteiger partial charge in [-0.05, 0) is 24.6 Å². The van der Waals surface area contributed by atoms with Crippen LogP contribution in [0.3, 0.4) is 0 Å². The van der Waals surface area contributed by atoms with Crippen molar-refractivity contribution >= 4 is 44.7 Å². The van der Waals surface area contributed by atoms with E-state index in [4.69, 9.17) is 11.6 Å². The smallest absolute Gasteiger partial charge is 0.153 e. The first-order valence-corrected chi connectivity index (χ1v) is 5.23. The van der Waals surface area contributed by atoms with Gasteiger partial charge in [-0.15, -0.1) is 0 Å². The molecule has 0 radical (unpaired) electrons. The number of aryl methyl sites for hydroxylation is 1. The van der Waals surface area contributed by atoms with Crippen LogP contribution in [0.1, 0.15) is 15.9 Å². The lowest BCUT2D eigenvalue weighted by molar-refractivity contribution is 0.112. The molecular weight excluding hydrogens is 265 g/mol. The Balaban J connectivity index is 2.94. The fraction of sp³-hybridized carbons (Fsp3) is 0.100. The minimum Gasteiger partial charge on any atom is -0.345 e. The summed E-state index contributed by atoms with van der Waals surface area (Å²) in [4.78, 5) is 13.8. The molecule has 0 atom stereocenters. The molecule has 0 amide bonds. The largest absolute Gasteiger partial charge is 0.345 e. The third-order valence-corrected chi connectivity index (χ3v) is 2.94. The average Bonchev–Trinajstić information content (AvgIpc) is 2.41. The highest BCUT2D eigenvalue weighted by Crippen LogP contribution is 2.29. The molecule has 1 aromatic heterocycles. The molecule has 72 valence electrons. The van der Waals surface area contributed by atoms with Crippen LogP contribution < -0.4 is 0 Å². The first-order chi connectivity index (χ1) is 6.63. The maximum atomic E-state index is 10.8. The Hall–Kier alpha value is -0.800. The van der Waals surface area contributed by atoms with Crippen molar-refractivity contribution < 1.29 is 4.79 Å². The zero-order valence-corrected chi connectivity index (χ0v) is 9.74. The van der Waals surface area contributed by atoms with Gasteiger partial charge in [0.15, 0.2) is 6.29 Å². The van der Waals surface area contributed by atoms with Crippen LogP contribution in [0.4, 0.5) is 0 Å². The van der Waals surface area contributed by atoms with E-state index >= 15 is 0 Å². The molecule has 0 unspecified atom stereocenters. The van der Waals surface area contributed by atoms with Crippen LogP contribution in [-0.2, 0) is 0 Å². The number of aldehydes is 1. The first kappa shape index (κ1) is 9.74. The summed E-state index contributed by atoms with van der Waals surface area (Å²) in [7, 11) is 0. The van der Waals surface area contributed by atoms with Crippen molar-refractivity contribution in [3.05, 3.63) is 32.9 Å². The molecule has 0 spiro atoms. The summed E-state index contributed by atoms with van der Waals surface area (Å²) in [6, 6.07) is 3.86. The van der Waals surface area contributed by atoms with Crippen LogP contribution in [-0.4, -0.2) is 11.3 Å². The normalized spacial score (nSPS) is 10.8. The molecule has 0 saturated heterocycles. The van der Waals surface area contributed by atoms with E-state index in [-0.39, 0.29) is 0 Å². The van der Waals surface area contributed by atoms with E-state index in [0.717, 1.165) is 27.2 Å². The number of benzene rings is 1. The molecule has 2 rings (SSSR count). The number of nitrogens with one attached hydrogen (secondary N) is 1. The van der Waals surface area contributed by atoms with E-state index in [0.29, 0.717) is 10.7 Å². The van der Waals surface area contributed by atoms with Crippen molar-refractivity contribution in [3.63, 3.8) is 0 Å². The fourth-order valence-electron chi connectivity index (χ4n) is 1.53. The molecule has 2 aromatic rings. The molecule has 4 heteroatoms. The third kappa shape index (κ3) is 1.37. The van der Waals surface area contributed by atoms with Crippen LogP contribution in [0.15, 0.2) is 16.6 Å². The summed E-state index contributed by atoms with van der Waals surface area (Å²) in [5.74, 6) is 0. The van der Waals surface area contributed by atoms with Gasteiger partial charge < -0.3 is 4.98 Å². The van der Waals surface area contributed by atoms with Gasteiger partial charge in [-0.1, -0.05) is 27.5 Å². The summed E-state index contributed by atoms with van der Waals surface area (Å²) in [5.41, 5.74) is 2.50. The lowest BCUT2D eigenvalue weighted by Crippen LogP contribution is -1.79. The molecular formula is C10H7BrClNO. The van der Waals surface area contributed by atoms with Gasteiger partial charge in [0.25, 0.3) is 0 Å². The van der Waals surface area contributed by atoms with Gasteiger partial charge in [0.2, 0.25) is 0 Å². The predicted octanol–water partition coefficient (Wildman–Crippen LogP) is 3.70. The zero-order chi connectivity index (χ0) is 10.3. The molecule has 1 heterocycles. The lowest BCUT2D eigenvalue weighted by atomic mass is 10.1. The zero-order valence-electron chi connectivity index (χ0n) is 7.40. The molecule has 2 nitrogen and oxygen atoms in total. The van der Waals surface area contributed by atoms with Gasteiger partial charge in [-0.25, -0.2) is 0 Å². The first-order valence-electron chi connectivity index (χ1n) is 4.06. The number of aromatic amines is 1. The number of hydrogen-bond donors (Lipinski definition) is 1. The van der Waals surface area contributed by atoms with Crippen LogP contribution in [0.2, 0.25) is 5.15 Å². The topological polar surface area (TPSA) is 32.9 Å². The number of carbonyl (C=O) groups is 1. The van der Waals surface area contributed by atoms with E-state index in [1.165, 1.54) is 0 Å². The molecule has 0 aliphatic carbocycles. The molecule has 0 aliphatic heterocycles. The van der Waals surface area contributed by atoms with E-state index < -0.39 is 0 Å². The van der Waals surface area contributed by atoms with Gasteiger partial charge >= 0.3 is 0 Å². The van der Waals surface area contributed by atoms with Crippen molar-refractivity contribution in [2.75, 3.05) is 0 Å². The maximum Gasteiger partial charge on any atom is 0.153 e. The molecule has 0 saturated carbocycles. The number of carbonyl (C=O) groups excluding carboxylic acids is 1. The van der Waals surface area contributed by atoms with Crippen molar-refractivity contribution in [1.82, 2.24) is 4.98 Å². The van der Waals surface area contributed by atoms with Crippen molar-refractivity contribution in [2.45, 2.75) is 6.92 Å². The number of rotatable bonds is 1. The van der Waals surface area contributed by atoms with E-state index in [2.05, 4.69) is 20.9 Å². The Kier molecular flexibility index (Phi) is 2.37. The molecule has 14 heavy (non-hydrogen) atoms. The Morgan fingerprint density at radius 3 is 2.86 bits per heavy atom. The Labute approximate surface area is 94.4 Å². The van der Waals surface area contributed by atoms with Gasteiger partial charge in [-0.3, -0.25) is 4.79 Å². The summed E-state index contributed by atoms with van der Waals surface area (Å²) in [6.45, 7) is 1.97. The monoisotopic (exact) mass is 271 g/mol. The number of H-pyrrole nitrogens is 1. The Morgan fingerprint density at radius 1 is 1.50 bits per heavy atom. The number of aromatic nitrogens is 1. The van der Waals surface area contributed by atoms with E-state index in [1.807, 2.05) is 19.1 Å². The summed E-state index contributed by atoms with van der Waals surface area (Å²) in [6.07, 6.45) is 0.771. The Morgan fingerprint density at radius 2 is 2.21 bits per heavy atom. The quantitative estimate of drug-likeness (QED) is 0.789. The van der Waals surface area contributed by atoms with Gasteiger partial charge in [0.1, 0.15) is 5.15 Å². The van der Waals surface area contributed by atoms with Crippen LogP contribution in [0, 0.1) is 6.92 Å². The third-order valence-electron chi connectivity index (χ3n) is 2.18. The minimum atomic E-state index is 0.399. The van der Waals surface area contributed by atoms with Crippen molar-refractivity contribution in [2.24, 2.45) is 0 Å². The Bertz CT molecular complexity index is 518. The predicted molar refractivity (Wildman–Crippen MR) is 61.1 cm³/mol. The van der Waals surface area contributed by atoms with Crippen LogP contribution in [0.25, 0.3) is 10.9 Å². The van der Waals surface area contributed by atoms with Gasteiger partial charge in [-0.2, -0.15) is 0 Å². The standard InChI is InChI=1S/C10H7BrClNO/c1-5-2-6(11)3-7-8(4-14)10(12)13-9(5)7/h2-4,13H,1H3. The number of hydrogen-bond acceptors (Lipinski definition) is 1. The summed E-state index contributed by atoms with van der Waals surface area (Å²) >= 11 is 9.27. The van der Waals surface area contributed by atoms with Crippen LogP contribution in [0.5, 0.6) is 0 Å². The lowest BCUT2D eigenvalue weighted by Gasteiger charge is -1.97. The number of fused-ring (bicyclic) bond motifs is 1.